The molecule has 0 saturated heterocycles. The zero-order valence-corrected chi connectivity index (χ0v) is 16.5. The van der Waals surface area contributed by atoms with Crippen LogP contribution < -0.4 is 10.3 Å². The standard InChI is InChI=1S/C19H20N4O4S/c1-13-17(19(25)23(21-13)15-7-5-4-6-8-15)18(24)20-14-9-11-16(12-10-14)28(26,27)22(2)3/h4-12,17H,1-3H3,(H,20,24). The van der Waals surface area contributed by atoms with Gasteiger partial charge in [0.2, 0.25) is 15.9 Å². The number of sulfonamides is 1. The predicted octanol–water partition coefficient (Wildman–Crippen LogP) is 1.91. The summed E-state index contributed by atoms with van der Waals surface area (Å²) in [6.07, 6.45) is 0. The van der Waals surface area contributed by atoms with Crippen molar-refractivity contribution in [1.29, 1.82) is 0 Å². The van der Waals surface area contributed by atoms with Gasteiger partial charge in [0.05, 0.1) is 16.3 Å². The summed E-state index contributed by atoms with van der Waals surface area (Å²) >= 11 is 0. The predicted molar refractivity (Wildman–Crippen MR) is 106 cm³/mol. The van der Waals surface area contributed by atoms with Gasteiger partial charge < -0.3 is 5.32 Å². The fourth-order valence-electron chi connectivity index (χ4n) is 2.76. The molecule has 28 heavy (non-hydrogen) atoms. The van der Waals surface area contributed by atoms with Gasteiger partial charge in [-0.1, -0.05) is 18.2 Å². The summed E-state index contributed by atoms with van der Waals surface area (Å²) in [5.41, 5.74) is 1.36. The highest BCUT2D eigenvalue weighted by molar-refractivity contribution is 7.89. The van der Waals surface area contributed by atoms with Crippen molar-refractivity contribution in [2.45, 2.75) is 11.8 Å². The lowest BCUT2D eigenvalue weighted by Crippen LogP contribution is -2.36. The molecule has 8 nitrogen and oxygen atoms in total. The maximum Gasteiger partial charge on any atom is 0.265 e. The third-order valence-corrected chi connectivity index (χ3v) is 6.12. The second-order valence-corrected chi connectivity index (χ2v) is 8.61. The molecule has 1 N–H and O–H groups in total. The van der Waals surface area contributed by atoms with Crippen LogP contribution in [0.4, 0.5) is 11.4 Å². The van der Waals surface area contributed by atoms with Crippen molar-refractivity contribution in [3.05, 3.63) is 54.6 Å². The van der Waals surface area contributed by atoms with E-state index in [2.05, 4.69) is 10.4 Å². The quantitative estimate of drug-likeness (QED) is 0.775. The van der Waals surface area contributed by atoms with Crippen LogP contribution in [0.5, 0.6) is 0 Å². The van der Waals surface area contributed by atoms with Crippen LogP contribution >= 0.6 is 0 Å². The molecule has 0 spiro atoms. The number of benzene rings is 2. The molecule has 1 unspecified atom stereocenters. The number of hydrazone groups is 1. The molecule has 0 fully saturated rings. The number of hydrogen-bond acceptors (Lipinski definition) is 5. The second-order valence-electron chi connectivity index (χ2n) is 6.46. The van der Waals surface area contributed by atoms with Gasteiger partial charge in [-0.05, 0) is 43.3 Å². The molecule has 1 heterocycles. The van der Waals surface area contributed by atoms with Crippen molar-refractivity contribution in [3.8, 4) is 0 Å². The van der Waals surface area contributed by atoms with Crippen molar-refractivity contribution in [2.24, 2.45) is 11.0 Å². The molecule has 1 atom stereocenters. The van der Waals surface area contributed by atoms with Crippen LogP contribution in [-0.4, -0.2) is 44.3 Å². The molecule has 0 aromatic heterocycles. The molecule has 0 saturated carbocycles. The smallest absolute Gasteiger partial charge is 0.265 e. The van der Waals surface area contributed by atoms with Gasteiger partial charge in [0.15, 0.2) is 5.92 Å². The van der Waals surface area contributed by atoms with E-state index in [1.165, 1.54) is 43.4 Å². The van der Waals surface area contributed by atoms with Gasteiger partial charge in [-0.3, -0.25) is 9.59 Å². The van der Waals surface area contributed by atoms with Crippen LogP contribution in [0.1, 0.15) is 6.92 Å². The summed E-state index contributed by atoms with van der Waals surface area (Å²) in [5.74, 6) is -1.99. The third-order valence-electron chi connectivity index (χ3n) is 4.29. The van der Waals surface area contributed by atoms with Gasteiger partial charge >= 0.3 is 0 Å². The third kappa shape index (κ3) is 3.67. The molecule has 0 aliphatic carbocycles. The lowest BCUT2D eigenvalue weighted by Gasteiger charge is -2.15. The fourth-order valence-corrected chi connectivity index (χ4v) is 3.66. The first kappa shape index (κ1) is 19.7. The lowest BCUT2D eigenvalue weighted by molar-refractivity contribution is -0.127. The Bertz CT molecular complexity index is 1030. The molecule has 1 aliphatic heterocycles. The monoisotopic (exact) mass is 400 g/mol. The Labute approximate surface area is 163 Å². The molecule has 2 amide bonds. The molecule has 1 aliphatic rings. The molecular formula is C19H20N4O4S. The van der Waals surface area contributed by atoms with E-state index in [9.17, 15) is 18.0 Å². The summed E-state index contributed by atoms with van der Waals surface area (Å²) in [5, 5.41) is 8.07. The van der Waals surface area contributed by atoms with Crippen LogP contribution in [0.15, 0.2) is 64.6 Å². The number of hydrogen-bond donors (Lipinski definition) is 1. The topological polar surface area (TPSA) is 99.1 Å². The highest BCUT2D eigenvalue weighted by atomic mass is 32.2. The second kappa shape index (κ2) is 7.53. The average Bonchev–Trinajstić information content (AvgIpc) is 2.97. The number of nitrogens with zero attached hydrogens (tertiary/aromatic N) is 3. The highest BCUT2D eigenvalue weighted by Gasteiger charge is 2.39. The Morgan fingerprint density at radius 2 is 1.68 bits per heavy atom. The lowest BCUT2D eigenvalue weighted by atomic mass is 10.0. The van der Waals surface area contributed by atoms with Crippen LogP contribution in [0, 0.1) is 5.92 Å². The summed E-state index contributed by atoms with van der Waals surface area (Å²) in [7, 11) is -0.669. The molecule has 0 bridgehead atoms. The summed E-state index contributed by atoms with van der Waals surface area (Å²) in [4.78, 5) is 25.4. The summed E-state index contributed by atoms with van der Waals surface area (Å²) < 4.78 is 25.3. The van der Waals surface area contributed by atoms with E-state index in [1.54, 1.807) is 31.2 Å². The minimum Gasteiger partial charge on any atom is -0.325 e. The Hall–Kier alpha value is -3.04. The number of carbonyl (C=O) groups excluding carboxylic acids is 2. The van der Waals surface area contributed by atoms with Crippen LogP contribution in [0.25, 0.3) is 0 Å². The number of amides is 2. The Morgan fingerprint density at radius 3 is 2.25 bits per heavy atom. The molecule has 9 heteroatoms. The number of rotatable bonds is 5. The van der Waals surface area contributed by atoms with Crippen molar-refractivity contribution in [3.63, 3.8) is 0 Å². The number of anilines is 2. The van der Waals surface area contributed by atoms with Crippen molar-refractivity contribution in [1.82, 2.24) is 4.31 Å². The molecule has 146 valence electrons. The minimum atomic E-state index is -3.55. The van der Waals surface area contributed by atoms with Crippen LogP contribution in [0.3, 0.4) is 0 Å². The first-order chi connectivity index (χ1) is 13.2. The zero-order chi connectivity index (χ0) is 20.5. The van der Waals surface area contributed by atoms with Crippen molar-refractivity contribution < 1.29 is 18.0 Å². The molecule has 2 aromatic rings. The van der Waals surface area contributed by atoms with Crippen molar-refractivity contribution in [2.75, 3.05) is 24.4 Å². The van der Waals surface area contributed by atoms with E-state index >= 15 is 0 Å². The first-order valence-corrected chi connectivity index (χ1v) is 9.93. The van der Waals surface area contributed by atoms with Gasteiger partial charge in [0, 0.05) is 19.8 Å². The van der Waals surface area contributed by atoms with Gasteiger partial charge in [-0.2, -0.15) is 10.1 Å². The van der Waals surface area contributed by atoms with E-state index in [4.69, 9.17) is 0 Å². The first-order valence-electron chi connectivity index (χ1n) is 8.49. The fraction of sp³-hybridized carbons (Fsp3) is 0.211. The van der Waals surface area contributed by atoms with Crippen LogP contribution in [-0.2, 0) is 19.6 Å². The van der Waals surface area contributed by atoms with Gasteiger partial charge in [0.25, 0.3) is 5.91 Å². The minimum absolute atomic E-state index is 0.112. The van der Waals surface area contributed by atoms with E-state index in [0.717, 1.165) is 4.31 Å². The Morgan fingerprint density at radius 1 is 1.07 bits per heavy atom. The summed E-state index contributed by atoms with van der Waals surface area (Å²) in [6.45, 7) is 1.62. The largest absolute Gasteiger partial charge is 0.325 e. The zero-order valence-electron chi connectivity index (χ0n) is 15.7. The average molecular weight is 400 g/mol. The van der Waals surface area contributed by atoms with Crippen LogP contribution in [0.2, 0.25) is 0 Å². The van der Waals surface area contributed by atoms with E-state index in [0.29, 0.717) is 17.1 Å². The van der Waals surface area contributed by atoms with E-state index < -0.39 is 27.8 Å². The molecular weight excluding hydrogens is 380 g/mol. The summed E-state index contributed by atoms with van der Waals surface area (Å²) in [6, 6.07) is 14.6. The molecule has 2 aromatic carbocycles. The highest BCUT2D eigenvalue weighted by Crippen LogP contribution is 2.25. The number of para-hydroxylation sites is 1. The number of nitrogens with one attached hydrogen (secondary N) is 1. The van der Waals surface area contributed by atoms with Gasteiger partial charge in [-0.25, -0.2) is 12.7 Å². The normalized spacial score (nSPS) is 17.0. The Balaban J connectivity index is 1.75. The van der Waals surface area contributed by atoms with E-state index in [1.807, 2.05) is 6.07 Å². The SMILES string of the molecule is CC1=NN(c2ccccc2)C(=O)C1C(=O)Nc1ccc(S(=O)(=O)N(C)C)cc1. The van der Waals surface area contributed by atoms with Crippen molar-refractivity contribution >= 4 is 38.9 Å². The molecule has 3 rings (SSSR count). The molecule has 0 radical (unpaired) electrons. The van der Waals surface area contributed by atoms with Gasteiger partial charge in [0.1, 0.15) is 0 Å². The maximum atomic E-state index is 12.7. The number of carbonyl (C=O) groups is 2. The maximum absolute atomic E-state index is 12.7. The van der Waals surface area contributed by atoms with E-state index in [-0.39, 0.29) is 4.90 Å². The Kier molecular flexibility index (Phi) is 5.30. The van der Waals surface area contributed by atoms with Gasteiger partial charge in [-0.15, -0.1) is 0 Å².